The lowest BCUT2D eigenvalue weighted by Gasteiger charge is -2.29. The summed E-state index contributed by atoms with van der Waals surface area (Å²) in [7, 11) is 1.26. The highest BCUT2D eigenvalue weighted by molar-refractivity contribution is 7.45. The number of aliphatic hydroxyl groups is 1. The van der Waals surface area contributed by atoms with E-state index in [1.807, 2.05) is 27.2 Å². The maximum atomic E-state index is 12.7. The molecule has 0 aliphatic rings. The third kappa shape index (κ3) is 28.0. The zero-order chi connectivity index (χ0) is 31.5. The lowest BCUT2D eigenvalue weighted by Crippen LogP contribution is -2.45. The van der Waals surface area contributed by atoms with E-state index in [0.717, 1.165) is 38.5 Å². The summed E-state index contributed by atoms with van der Waals surface area (Å²) >= 11 is 0. The van der Waals surface area contributed by atoms with Gasteiger partial charge in [-0.3, -0.25) is 9.36 Å². The number of rotatable bonds is 30. The van der Waals surface area contributed by atoms with Crippen molar-refractivity contribution >= 4 is 13.7 Å². The molecule has 0 saturated carbocycles. The molecule has 3 atom stereocenters. The summed E-state index contributed by atoms with van der Waals surface area (Å²) < 4.78 is 22.9. The molecule has 0 aromatic heterocycles. The molecule has 0 fully saturated rings. The lowest BCUT2D eigenvalue weighted by atomic mass is 10.0. The molecule has 8 nitrogen and oxygen atoms in total. The van der Waals surface area contributed by atoms with Gasteiger partial charge in [0.1, 0.15) is 13.2 Å². The SMILES string of the molecule is CCCCCCCCC/C=C/[C@@H](O)[C@H](COP(=O)([O-])OCC[N+](C)(C)C)NC(=O)CCCCCCCCCCCCC. The molecule has 0 aromatic rings. The van der Waals surface area contributed by atoms with Crippen LogP contribution in [-0.4, -0.2) is 68.5 Å². The Morgan fingerprint density at radius 2 is 1.29 bits per heavy atom. The molecule has 9 heteroatoms. The lowest BCUT2D eigenvalue weighted by molar-refractivity contribution is -0.870. The first-order valence-electron chi connectivity index (χ1n) is 17.1. The predicted molar refractivity (Wildman–Crippen MR) is 173 cm³/mol. The maximum Gasteiger partial charge on any atom is 0.268 e. The largest absolute Gasteiger partial charge is 0.756 e. The van der Waals surface area contributed by atoms with Gasteiger partial charge in [0, 0.05) is 6.42 Å². The van der Waals surface area contributed by atoms with Crippen molar-refractivity contribution in [1.29, 1.82) is 0 Å². The van der Waals surface area contributed by atoms with Gasteiger partial charge in [0.25, 0.3) is 7.82 Å². The van der Waals surface area contributed by atoms with Crippen LogP contribution in [0.15, 0.2) is 12.2 Å². The van der Waals surface area contributed by atoms with Crippen molar-refractivity contribution in [2.75, 3.05) is 40.9 Å². The molecule has 2 N–H and O–H groups in total. The molecule has 1 unspecified atom stereocenters. The van der Waals surface area contributed by atoms with Gasteiger partial charge in [-0.1, -0.05) is 129 Å². The molecule has 0 radical (unpaired) electrons. The number of phosphoric ester groups is 1. The van der Waals surface area contributed by atoms with Crippen molar-refractivity contribution in [2.24, 2.45) is 0 Å². The normalized spacial score (nSPS) is 15.1. The maximum absolute atomic E-state index is 12.7. The van der Waals surface area contributed by atoms with E-state index in [2.05, 4.69) is 19.2 Å². The number of carbonyl (C=O) groups excluding carboxylic acids is 1. The highest BCUT2D eigenvalue weighted by atomic mass is 31.2. The van der Waals surface area contributed by atoms with E-state index in [9.17, 15) is 19.4 Å². The summed E-state index contributed by atoms with van der Waals surface area (Å²) in [5.41, 5.74) is 0. The number of nitrogens with zero attached hydrogens (tertiary/aromatic N) is 1. The Balaban J connectivity index is 4.60. The Morgan fingerprint density at radius 3 is 1.79 bits per heavy atom. The van der Waals surface area contributed by atoms with Gasteiger partial charge in [0.15, 0.2) is 0 Å². The van der Waals surface area contributed by atoms with Gasteiger partial charge in [-0.15, -0.1) is 0 Å². The molecule has 250 valence electrons. The second-order valence-electron chi connectivity index (χ2n) is 12.9. The quantitative estimate of drug-likeness (QED) is 0.0375. The fourth-order valence-electron chi connectivity index (χ4n) is 4.68. The number of unbranched alkanes of at least 4 members (excludes halogenated alkanes) is 17. The standard InChI is InChI=1S/C33H67N2O6P/c1-6-8-10-12-14-16-17-19-21-23-25-27-33(37)34-31(30-41-42(38,39)40-29-28-35(3,4)5)32(36)26-24-22-20-18-15-13-11-9-7-2/h24,26,31-32,36H,6-23,25,27-30H2,1-5H3,(H-,34,37,38,39)/b26-24+/t31-,32+/m0/s1. The van der Waals surface area contributed by atoms with Crippen LogP contribution in [0.4, 0.5) is 0 Å². The van der Waals surface area contributed by atoms with Gasteiger partial charge in [0.05, 0.1) is 39.9 Å². The van der Waals surface area contributed by atoms with Crippen LogP contribution in [-0.2, 0) is 18.4 Å². The smallest absolute Gasteiger partial charge is 0.268 e. The molecule has 0 aliphatic carbocycles. The van der Waals surface area contributed by atoms with Gasteiger partial charge in [-0.05, 0) is 19.3 Å². The van der Waals surface area contributed by atoms with Crippen LogP contribution >= 0.6 is 7.82 Å². The molecule has 0 aromatic carbocycles. The molecule has 1 amide bonds. The number of hydrogen-bond donors (Lipinski definition) is 2. The van der Waals surface area contributed by atoms with Crippen LogP contribution < -0.4 is 10.2 Å². The van der Waals surface area contributed by atoms with E-state index in [1.165, 1.54) is 83.5 Å². The molecule has 0 aliphatic heterocycles. The average Bonchev–Trinajstić information content (AvgIpc) is 2.92. The number of aliphatic hydroxyl groups excluding tert-OH is 1. The Morgan fingerprint density at radius 1 is 0.810 bits per heavy atom. The van der Waals surface area contributed by atoms with E-state index >= 15 is 0 Å². The van der Waals surface area contributed by atoms with Gasteiger partial charge in [-0.25, -0.2) is 0 Å². The van der Waals surface area contributed by atoms with Crippen molar-refractivity contribution in [3.8, 4) is 0 Å². The van der Waals surface area contributed by atoms with Crippen LogP contribution in [0.25, 0.3) is 0 Å². The molecule has 0 heterocycles. The molecule has 0 bridgehead atoms. The number of nitrogens with one attached hydrogen (secondary N) is 1. The van der Waals surface area contributed by atoms with Crippen LogP contribution in [0.1, 0.15) is 142 Å². The van der Waals surface area contributed by atoms with Crippen LogP contribution in [0.2, 0.25) is 0 Å². The molecular formula is C33H67N2O6P. The topological polar surface area (TPSA) is 108 Å². The predicted octanol–water partition coefficient (Wildman–Crippen LogP) is 7.44. The van der Waals surface area contributed by atoms with Crippen molar-refractivity contribution < 1.29 is 32.9 Å². The Kier molecular flexibility index (Phi) is 26.1. The van der Waals surface area contributed by atoms with E-state index in [4.69, 9.17) is 9.05 Å². The number of likely N-dealkylation sites (N-methyl/N-ethyl adjacent to an activating group) is 1. The fraction of sp³-hybridized carbons (Fsp3) is 0.909. The van der Waals surface area contributed by atoms with Crippen molar-refractivity contribution in [3.63, 3.8) is 0 Å². The second-order valence-corrected chi connectivity index (χ2v) is 14.3. The zero-order valence-corrected chi connectivity index (χ0v) is 28.9. The number of amides is 1. The molecular weight excluding hydrogens is 551 g/mol. The summed E-state index contributed by atoms with van der Waals surface area (Å²) in [6, 6.07) is -0.875. The third-order valence-electron chi connectivity index (χ3n) is 7.50. The summed E-state index contributed by atoms with van der Waals surface area (Å²) in [6.45, 7) is 4.57. The second kappa shape index (κ2) is 26.6. The fourth-order valence-corrected chi connectivity index (χ4v) is 5.40. The Labute approximate surface area is 259 Å². The number of carbonyl (C=O) groups is 1. The highest BCUT2D eigenvalue weighted by Crippen LogP contribution is 2.38. The van der Waals surface area contributed by atoms with Crippen LogP contribution in [0, 0.1) is 0 Å². The highest BCUT2D eigenvalue weighted by Gasteiger charge is 2.23. The molecule has 42 heavy (non-hydrogen) atoms. The monoisotopic (exact) mass is 618 g/mol. The van der Waals surface area contributed by atoms with Gasteiger partial charge in [0.2, 0.25) is 5.91 Å². The number of hydrogen-bond acceptors (Lipinski definition) is 6. The summed E-state index contributed by atoms with van der Waals surface area (Å²) in [5.74, 6) is -0.203. The molecule has 0 spiro atoms. The number of quaternary nitrogens is 1. The van der Waals surface area contributed by atoms with Crippen molar-refractivity contribution in [3.05, 3.63) is 12.2 Å². The van der Waals surface area contributed by atoms with Crippen LogP contribution in [0.3, 0.4) is 0 Å². The third-order valence-corrected chi connectivity index (χ3v) is 8.46. The van der Waals surface area contributed by atoms with Crippen molar-refractivity contribution in [1.82, 2.24) is 5.32 Å². The van der Waals surface area contributed by atoms with Crippen molar-refractivity contribution in [2.45, 2.75) is 154 Å². The van der Waals surface area contributed by atoms with Gasteiger partial charge in [-0.2, -0.15) is 0 Å². The van der Waals surface area contributed by atoms with Gasteiger partial charge < -0.3 is 28.8 Å². The number of phosphoric acid groups is 1. The minimum absolute atomic E-state index is 0.00105. The molecule has 0 saturated heterocycles. The summed E-state index contributed by atoms with van der Waals surface area (Å²) in [6.07, 6.45) is 25.4. The van der Waals surface area contributed by atoms with E-state index in [-0.39, 0.29) is 19.1 Å². The van der Waals surface area contributed by atoms with Crippen LogP contribution in [0.5, 0.6) is 0 Å². The average molecular weight is 619 g/mol. The summed E-state index contributed by atoms with van der Waals surface area (Å²) in [4.78, 5) is 25.0. The zero-order valence-electron chi connectivity index (χ0n) is 28.0. The Hall–Kier alpha value is -0.760. The minimum Gasteiger partial charge on any atom is -0.756 e. The van der Waals surface area contributed by atoms with E-state index in [1.54, 1.807) is 6.08 Å². The molecule has 0 rings (SSSR count). The first kappa shape index (κ1) is 41.2. The number of allylic oxidation sites excluding steroid dienone is 1. The Bertz CT molecular complexity index is 713. The summed E-state index contributed by atoms with van der Waals surface area (Å²) in [5, 5.41) is 13.6. The van der Waals surface area contributed by atoms with E-state index in [0.29, 0.717) is 17.4 Å². The minimum atomic E-state index is -4.56. The first-order chi connectivity index (χ1) is 20.0. The van der Waals surface area contributed by atoms with Gasteiger partial charge >= 0.3 is 0 Å². The first-order valence-corrected chi connectivity index (χ1v) is 18.5. The van der Waals surface area contributed by atoms with E-state index < -0.39 is 20.0 Å².